The predicted octanol–water partition coefficient (Wildman–Crippen LogP) is 6.67. The molecule has 0 spiro atoms. The van der Waals surface area contributed by atoms with Crippen molar-refractivity contribution in [2.45, 2.75) is 62.3 Å². The van der Waals surface area contributed by atoms with Gasteiger partial charge in [0.15, 0.2) is 0 Å². The normalized spacial score (nSPS) is 5.00. The van der Waals surface area contributed by atoms with E-state index in [0.717, 1.165) is 0 Å². The van der Waals surface area contributed by atoms with Crippen LogP contribution in [0.1, 0.15) is 62.3 Å². The van der Waals surface area contributed by atoms with E-state index in [4.69, 9.17) is 0 Å². The molecule has 0 saturated carbocycles. The van der Waals surface area contributed by atoms with Crippen LogP contribution in [0.3, 0.4) is 0 Å². The van der Waals surface area contributed by atoms with E-state index < -0.39 is 0 Å². The predicted molar refractivity (Wildman–Crippen MR) is 90.6 cm³/mol. The third kappa shape index (κ3) is 130. The largest absolute Gasteiger partial charge is 0.501 e. The van der Waals surface area contributed by atoms with Gasteiger partial charge < -0.3 is 40.5 Å². The van der Waals surface area contributed by atoms with E-state index in [9.17, 15) is 0 Å². The summed E-state index contributed by atoms with van der Waals surface area (Å²) >= 11 is 0. The quantitative estimate of drug-likeness (QED) is 0.314. The number of hydrogen-bond acceptors (Lipinski definition) is 0. The Morgan fingerprint density at radius 1 is 0.429 bits per heavy atom. The van der Waals surface area contributed by atoms with Crippen LogP contribution >= 0.6 is 0 Å². The van der Waals surface area contributed by atoms with Crippen molar-refractivity contribution >= 4 is 0 Å². The smallest absolute Gasteiger partial charge is 0 e. The van der Waals surface area contributed by atoms with Crippen molar-refractivity contribution in [2.75, 3.05) is 0 Å². The van der Waals surface area contributed by atoms with Crippen LogP contribution < -0.4 is 0 Å². The molecule has 0 atom stereocenters. The van der Waals surface area contributed by atoms with Crippen molar-refractivity contribution in [3.63, 3.8) is 0 Å². The zero-order chi connectivity index (χ0) is 12.9. The summed E-state index contributed by atoms with van der Waals surface area (Å²) in [5, 5.41) is 0. The molecule has 0 bridgehead atoms. The van der Waals surface area contributed by atoms with Crippen molar-refractivity contribution in [2.24, 2.45) is 0 Å². The van der Waals surface area contributed by atoms with Gasteiger partial charge in [-0.2, -0.15) is 20.8 Å². The van der Waals surface area contributed by atoms with Crippen molar-refractivity contribution < 1.29 is 98.1 Å². The molecule has 0 N–H and O–H groups in total. The van der Waals surface area contributed by atoms with Crippen LogP contribution in [0.4, 0.5) is 0 Å². The molecule has 0 aliphatic heterocycles. The third-order valence-electron chi connectivity index (χ3n) is 1.50. The van der Waals surface area contributed by atoms with E-state index in [-0.39, 0.29) is 120 Å². The minimum atomic E-state index is 0. The fourth-order valence-corrected chi connectivity index (χ4v) is 0. The average molecular weight is 519 g/mol. The van der Waals surface area contributed by atoms with E-state index in [1.165, 1.54) is 16.7 Å². The Bertz CT molecular complexity index is 164. The molecule has 123 valence electrons. The molecule has 0 aromatic heterocycles. The Hall–Kier alpha value is 2.53. The molecule has 0 aromatic carbocycles. The molecule has 0 rings (SSSR count). The Morgan fingerprint density at radius 2 is 0.476 bits per heavy atom. The van der Waals surface area contributed by atoms with E-state index in [1.54, 1.807) is 0 Å². The molecule has 3 radical (unpaired) electrons. The minimum Gasteiger partial charge on any atom is -0.501 e. The SMILES string of the molecule is C[C-]=C(C)C.C[C-]=C(C)C.C[C-]=C(C)C.[CH3-].[CH3-].[CH3-].[Y].[Y].[Y]. The second-order valence-corrected chi connectivity index (χ2v) is 3.75. The van der Waals surface area contributed by atoms with Crippen LogP contribution in [0, 0.1) is 40.5 Å². The van der Waals surface area contributed by atoms with Crippen LogP contribution in [-0.4, -0.2) is 0 Å². The van der Waals surface area contributed by atoms with Gasteiger partial charge in [-0.1, -0.05) is 41.5 Å². The van der Waals surface area contributed by atoms with Crippen LogP contribution in [0.2, 0.25) is 0 Å². The summed E-state index contributed by atoms with van der Waals surface area (Å²) < 4.78 is 0. The Morgan fingerprint density at radius 3 is 0.476 bits per heavy atom. The summed E-state index contributed by atoms with van der Waals surface area (Å²) in [4.78, 5) is 0. The van der Waals surface area contributed by atoms with Gasteiger partial charge in [0.1, 0.15) is 0 Å². The zero-order valence-electron chi connectivity index (χ0n) is 16.7. The Labute approximate surface area is 214 Å². The molecule has 3 heteroatoms. The first-order valence-corrected chi connectivity index (χ1v) is 5.25. The van der Waals surface area contributed by atoms with Crippen molar-refractivity contribution in [3.8, 4) is 0 Å². The van der Waals surface area contributed by atoms with Gasteiger partial charge in [0.05, 0.1) is 0 Å². The van der Waals surface area contributed by atoms with Gasteiger partial charge in [-0.25, -0.2) is 0 Å². The van der Waals surface area contributed by atoms with Gasteiger partial charge in [0.2, 0.25) is 0 Å². The van der Waals surface area contributed by atoms with Crippen LogP contribution in [0.25, 0.3) is 0 Å². The molecule has 0 saturated heterocycles. The van der Waals surface area contributed by atoms with Gasteiger partial charge in [-0.15, -0.1) is 0 Å². The Kier molecular flexibility index (Phi) is 133. The second-order valence-electron chi connectivity index (χ2n) is 3.75. The molecular weight excluding hydrogens is 483 g/mol. The molecule has 0 fully saturated rings. The summed E-state index contributed by atoms with van der Waals surface area (Å²) in [6, 6.07) is 0. The number of rotatable bonds is 0. The van der Waals surface area contributed by atoms with E-state index in [1.807, 2.05) is 62.3 Å². The van der Waals surface area contributed by atoms with Crippen molar-refractivity contribution in [1.29, 1.82) is 0 Å². The van der Waals surface area contributed by atoms with Crippen LogP contribution in [-0.2, 0) is 98.1 Å². The summed E-state index contributed by atoms with van der Waals surface area (Å²) in [6.07, 6.45) is 8.83. The number of hydrogen-bond donors (Lipinski definition) is 0. The fraction of sp³-hybridized carbons (Fsp3) is 0.500. The zero-order valence-corrected chi connectivity index (χ0v) is 25.2. The second kappa shape index (κ2) is 49.5. The van der Waals surface area contributed by atoms with E-state index >= 15 is 0 Å². The molecule has 0 aromatic rings. The van der Waals surface area contributed by atoms with Crippen molar-refractivity contribution in [3.05, 3.63) is 57.2 Å². The monoisotopic (exact) mass is 519 g/mol. The first-order chi connectivity index (χ1) is 6.81. The standard InChI is InChI=1S/3C5H9.3CH3.3Y/c3*1-4-5(2)3;;;;;;/h3*1-3H3;3*1H3;;;/q6*-1;;;. The average Bonchev–Trinajstić information content (AvgIpc) is 2.19. The summed E-state index contributed by atoms with van der Waals surface area (Å²) in [7, 11) is 0. The maximum Gasteiger partial charge on any atom is 0 e. The van der Waals surface area contributed by atoms with E-state index in [0.29, 0.717) is 0 Å². The van der Waals surface area contributed by atoms with Crippen LogP contribution in [0.15, 0.2) is 16.7 Å². The van der Waals surface area contributed by atoms with Crippen molar-refractivity contribution in [1.82, 2.24) is 0 Å². The van der Waals surface area contributed by atoms with Crippen LogP contribution in [0.5, 0.6) is 0 Å². The first kappa shape index (κ1) is 56.6. The van der Waals surface area contributed by atoms with Gasteiger partial charge >= 0.3 is 0 Å². The van der Waals surface area contributed by atoms with Gasteiger partial charge in [0, 0.05) is 98.1 Å². The summed E-state index contributed by atoms with van der Waals surface area (Å²) in [5.74, 6) is 0. The Balaban J connectivity index is -0.0000000129. The fourth-order valence-electron chi connectivity index (χ4n) is 0. The minimum absolute atomic E-state index is 0. The molecule has 0 unspecified atom stereocenters. The maximum atomic E-state index is 2.94. The van der Waals surface area contributed by atoms with Gasteiger partial charge in [0.25, 0.3) is 0 Å². The summed E-state index contributed by atoms with van der Waals surface area (Å²) in [6.45, 7) is 17.9. The molecular formula is C18H36Y3-6. The molecule has 0 aliphatic carbocycles. The molecule has 0 nitrogen and oxygen atoms in total. The molecule has 21 heavy (non-hydrogen) atoms. The molecule has 0 amide bonds. The molecule has 0 aliphatic rings. The first-order valence-electron chi connectivity index (χ1n) is 5.25. The van der Waals surface area contributed by atoms with Gasteiger partial charge in [-0.3, -0.25) is 16.7 Å². The topological polar surface area (TPSA) is 0 Å². The molecule has 0 heterocycles. The van der Waals surface area contributed by atoms with Gasteiger partial charge in [-0.05, 0) is 0 Å². The summed E-state index contributed by atoms with van der Waals surface area (Å²) in [5.41, 5.74) is 3.76. The third-order valence-corrected chi connectivity index (χ3v) is 1.50. The van der Waals surface area contributed by atoms with E-state index in [2.05, 4.69) is 18.2 Å². The number of allylic oxidation sites excluding steroid dienone is 6. The maximum absolute atomic E-state index is 2.94.